The van der Waals surface area contributed by atoms with Gasteiger partial charge in [0.1, 0.15) is 0 Å². The Balaban J connectivity index is 1.59. The number of sulfonamides is 1. The lowest BCUT2D eigenvalue weighted by molar-refractivity contribution is 0.0761. The third kappa shape index (κ3) is 3.63. The molecule has 7 heteroatoms. The van der Waals surface area contributed by atoms with Crippen molar-refractivity contribution in [1.82, 2.24) is 4.90 Å². The van der Waals surface area contributed by atoms with Crippen LogP contribution in [0.15, 0.2) is 47.4 Å². The number of rotatable bonds is 3. The van der Waals surface area contributed by atoms with Gasteiger partial charge in [-0.1, -0.05) is 24.4 Å². The standard InChI is InChI=1S/C21H23ClN2O3S/c22-18-6-8-19(9-7-18)28(26,27)24-14-11-16-15-17(5-10-20(16)24)21(25)23-12-3-1-2-4-13-23/h5-10,15H,1-4,11-14H2. The lowest BCUT2D eigenvalue weighted by atomic mass is 10.1. The zero-order valence-electron chi connectivity index (χ0n) is 15.6. The quantitative estimate of drug-likeness (QED) is 0.753. The van der Waals surface area contributed by atoms with Crippen molar-refractivity contribution in [2.75, 3.05) is 23.9 Å². The van der Waals surface area contributed by atoms with Crippen LogP contribution in [-0.4, -0.2) is 38.9 Å². The van der Waals surface area contributed by atoms with E-state index in [0.717, 1.165) is 31.5 Å². The minimum atomic E-state index is -3.65. The van der Waals surface area contributed by atoms with Gasteiger partial charge in [0, 0.05) is 30.2 Å². The third-order valence-electron chi connectivity index (χ3n) is 5.47. The van der Waals surface area contributed by atoms with Crippen molar-refractivity contribution < 1.29 is 13.2 Å². The Morgan fingerprint density at radius 1 is 0.893 bits per heavy atom. The van der Waals surface area contributed by atoms with Crippen LogP contribution in [-0.2, 0) is 16.4 Å². The zero-order valence-corrected chi connectivity index (χ0v) is 17.2. The number of likely N-dealkylation sites (tertiary alicyclic amines) is 1. The highest BCUT2D eigenvalue weighted by Crippen LogP contribution is 2.34. The number of halogens is 1. The average molecular weight is 419 g/mol. The monoisotopic (exact) mass is 418 g/mol. The van der Waals surface area contributed by atoms with Gasteiger partial charge in [-0.15, -0.1) is 0 Å². The number of amides is 1. The van der Waals surface area contributed by atoms with Crippen molar-refractivity contribution in [3.05, 3.63) is 58.6 Å². The van der Waals surface area contributed by atoms with E-state index >= 15 is 0 Å². The second-order valence-electron chi connectivity index (χ2n) is 7.33. The Morgan fingerprint density at radius 2 is 1.57 bits per heavy atom. The van der Waals surface area contributed by atoms with Gasteiger partial charge < -0.3 is 4.90 Å². The van der Waals surface area contributed by atoms with Crippen molar-refractivity contribution in [1.29, 1.82) is 0 Å². The largest absolute Gasteiger partial charge is 0.339 e. The van der Waals surface area contributed by atoms with E-state index < -0.39 is 10.0 Å². The summed E-state index contributed by atoms with van der Waals surface area (Å²) in [5.41, 5.74) is 2.20. The van der Waals surface area contributed by atoms with E-state index in [1.54, 1.807) is 24.3 Å². The number of hydrogen-bond acceptors (Lipinski definition) is 3. The van der Waals surface area contributed by atoms with Crippen molar-refractivity contribution in [2.24, 2.45) is 0 Å². The van der Waals surface area contributed by atoms with Crippen molar-refractivity contribution in [3.63, 3.8) is 0 Å². The lowest BCUT2D eigenvalue weighted by Gasteiger charge is -2.22. The molecule has 28 heavy (non-hydrogen) atoms. The molecular formula is C21H23ClN2O3S. The van der Waals surface area contributed by atoms with Gasteiger partial charge in [0.15, 0.2) is 0 Å². The molecule has 2 aliphatic rings. The summed E-state index contributed by atoms with van der Waals surface area (Å²) in [5, 5.41) is 0.498. The first-order valence-electron chi connectivity index (χ1n) is 9.67. The molecule has 2 aromatic carbocycles. The molecule has 1 fully saturated rings. The van der Waals surface area contributed by atoms with Gasteiger partial charge in [-0.25, -0.2) is 8.42 Å². The number of hydrogen-bond donors (Lipinski definition) is 0. The summed E-state index contributed by atoms with van der Waals surface area (Å²) >= 11 is 5.88. The van der Waals surface area contributed by atoms with Crippen LogP contribution in [0.1, 0.15) is 41.6 Å². The highest BCUT2D eigenvalue weighted by molar-refractivity contribution is 7.92. The summed E-state index contributed by atoms with van der Waals surface area (Å²) < 4.78 is 27.5. The van der Waals surface area contributed by atoms with E-state index in [2.05, 4.69) is 0 Å². The predicted molar refractivity (Wildman–Crippen MR) is 111 cm³/mol. The minimum absolute atomic E-state index is 0.0451. The van der Waals surface area contributed by atoms with Crippen LogP contribution < -0.4 is 4.31 Å². The molecular weight excluding hydrogens is 396 g/mol. The van der Waals surface area contributed by atoms with Crippen LogP contribution in [0.3, 0.4) is 0 Å². The van der Waals surface area contributed by atoms with Crippen molar-refractivity contribution >= 4 is 33.2 Å². The number of carbonyl (C=O) groups excluding carboxylic acids is 1. The van der Waals surface area contributed by atoms with E-state index in [0.29, 0.717) is 29.2 Å². The molecule has 0 atom stereocenters. The minimum Gasteiger partial charge on any atom is -0.339 e. The van der Waals surface area contributed by atoms with E-state index in [1.165, 1.54) is 29.3 Å². The topological polar surface area (TPSA) is 57.7 Å². The maximum atomic E-state index is 13.0. The summed E-state index contributed by atoms with van der Waals surface area (Å²) in [4.78, 5) is 15.0. The summed E-state index contributed by atoms with van der Waals surface area (Å²) in [6.07, 6.45) is 5.04. The van der Waals surface area contributed by atoms with Crippen LogP contribution in [0.25, 0.3) is 0 Å². The molecule has 0 unspecified atom stereocenters. The van der Waals surface area contributed by atoms with Gasteiger partial charge in [-0.3, -0.25) is 9.10 Å². The Hall–Kier alpha value is -2.05. The highest BCUT2D eigenvalue weighted by Gasteiger charge is 2.31. The SMILES string of the molecule is O=C(c1ccc2c(c1)CCN2S(=O)(=O)c1ccc(Cl)cc1)N1CCCCCC1. The Labute approximate surface area is 171 Å². The molecule has 1 saturated heterocycles. The first kappa shape index (κ1) is 19.3. The fraction of sp³-hybridized carbons (Fsp3) is 0.381. The number of fused-ring (bicyclic) bond motifs is 1. The van der Waals surface area contributed by atoms with Crippen molar-refractivity contribution in [2.45, 2.75) is 37.0 Å². The molecule has 0 aliphatic carbocycles. The van der Waals surface area contributed by atoms with Crippen LogP contribution in [0.2, 0.25) is 5.02 Å². The predicted octanol–water partition coefficient (Wildman–Crippen LogP) is 4.11. The van der Waals surface area contributed by atoms with Crippen LogP contribution in [0, 0.1) is 0 Å². The van der Waals surface area contributed by atoms with Gasteiger partial charge >= 0.3 is 0 Å². The Bertz CT molecular complexity index is 981. The normalized spacial score (nSPS) is 17.3. The molecule has 0 radical (unpaired) electrons. The maximum absolute atomic E-state index is 13.0. The zero-order chi connectivity index (χ0) is 19.7. The van der Waals surface area contributed by atoms with Crippen LogP contribution in [0.5, 0.6) is 0 Å². The molecule has 1 amide bonds. The number of anilines is 1. The molecule has 0 saturated carbocycles. The summed E-state index contributed by atoms with van der Waals surface area (Å²) in [5.74, 6) is 0.0451. The highest BCUT2D eigenvalue weighted by atomic mass is 35.5. The summed E-state index contributed by atoms with van der Waals surface area (Å²) in [6, 6.07) is 11.6. The van der Waals surface area contributed by atoms with Crippen LogP contribution in [0.4, 0.5) is 5.69 Å². The first-order valence-corrected chi connectivity index (χ1v) is 11.5. The van der Waals surface area contributed by atoms with Gasteiger partial charge in [0.2, 0.25) is 0 Å². The summed E-state index contributed by atoms with van der Waals surface area (Å²) in [7, 11) is -3.65. The Kier molecular flexibility index (Phi) is 5.34. The molecule has 0 bridgehead atoms. The average Bonchev–Trinajstić information content (AvgIpc) is 2.94. The number of benzene rings is 2. The molecule has 148 valence electrons. The lowest BCUT2D eigenvalue weighted by Crippen LogP contribution is -2.32. The molecule has 0 aromatic heterocycles. The van der Waals surface area contributed by atoms with Gasteiger partial charge in [0.25, 0.3) is 15.9 Å². The number of nitrogens with zero attached hydrogens (tertiary/aromatic N) is 2. The molecule has 5 nitrogen and oxygen atoms in total. The third-order valence-corrected chi connectivity index (χ3v) is 7.55. The summed E-state index contributed by atoms with van der Waals surface area (Å²) in [6.45, 7) is 1.97. The maximum Gasteiger partial charge on any atom is 0.264 e. The van der Waals surface area contributed by atoms with Gasteiger partial charge in [-0.2, -0.15) is 0 Å². The van der Waals surface area contributed by atoms with Gasteiger partial charge in [0.05, 0.1) is 10.6 Å². The molecule has 2 heterocycles. The van der Waals surface area contributed by atoms with Crippen LogP contribution >= 0.6 is 11.6 Å². The first-order chi connectivity index (χ1) is 13.5. The second kappa shape index (κ2) is 7.76. The van der Waals surface area contributed by atoms with E-state index in [9.17, 15) is 13.2 Å². The molecule has 0 spiro atoms. The fourth-order valence-electron chi connectivity index (χ4n) is 3.94. The van der Waals surface area contributed by atoms with Gasteiger partial charge in [-0.05, 0) is 67.3 Å². The molecule has 4 rings (SSSR count). The smallest absolute Gasteiger partial charge is 0.264 e. The number of carbonyl (C=O) groups is 1. The molecule has 2 aromatic rings. The van der Waals surface area contributed by atoms with E-state index in [4.69, 9.17) is 11.6 Å². The van der Waals surface area contributed by atoms with Crippen molar-refractivity contribution in [3.8, 4) is 0 Å². The second-order valence-corrected chi connectivity index (χ2v) is 9.63. The Morgan fingerprint density at radius 3 is 2.25 bits per heavy atom. The molecule has 2 aliphatic heterocycles. The molecule has 0 N–H and O–H groups in total. The van der Waals surface area contributed by atoms with E-state index in [1.807, 2.05) is 11.0 Å². The fourth-order valence-corrected chi connectivity index (χ4v) is 5.57. The van der Waals surface area contributed by atoms with E-state index in [-0.39, 0.29) is 10.8 Å².